The molecule has 0 amide bonds. The normalized spacial score (nSPS) is 12.8. The van der Waals surface area contributed by atoms with Gasteiger partial charge in [0.1, 0.15) is 5.60 Å². The van der Waals surface area contributed by atoms with Crippen LogP contribution in [0.25, 0.3) is 0 Å². The van der Waals surface area contributed by atoms with E-state index in [-0.39, 0.29) is 13.0 Å². The SMILES string of the molecule is CC(C)(O)CC(=O)OC(C)(C)CO. The number of hydrogen-bond donors (Lipinski definition) is 2. The minimum atomic E-state index is -1.07. The van der Waals surface area contributed by atoms with Crippen molar-refractivity contribution in [3.05, 3.63) is 0 Å². The summed E-state index contributed by atoms with van der Waals surface area (Å²) in [5.74, 6) is -0.508. The molecule has 0 saturated heterocycles. The lowest BCUT2D eigenvalue weighted by Crippen LogP contribution is -2.35. The molecule has 0 spiro atoms. The third-order valence-corrected chi connectivity index (χ3v) is 1.35. The number of esters is 1. The summed E-state index contributed by atoms with van der Waals surface area (Å²) in [7, 11) is 0. The first-order chi connectivity index (χ1) is 5.66. The third-order valence-electron chi connectivity index (χ3n) is 1.35. The van der Waals surface area contributed by atoms with E-state index in [1.54, 1.807) is 13.8 Å². The molecular weight excluding hydrogens is 172 g/mol. The molecule has 0 fully saturated rings. The summed E-state index contributed by atoms with van der Waals surface area (Å²) in [6.45, 7) is 6.04. The third kappa shape index (κ3) is 6.54. The molecule has 78 valence electrons. The number of rotatable bonds is 4. The van der Waals surface area contributed by atoms with Crippen molar-refractivity contribution in [1.29, 1.82) is 0 Å². The van der Waals surface area contributed by atoms with Gasteiger partial charge in [0.25, 0.3) is 0 Å². The highest BCUT2D eigenvalue weighted by Gasteiger charge is 2.25. The summed E-state index contributed by atoms with van der Waals surface area (Å²) in [6, 6.07) is 0. The Hall–Kier alpha value is -0.610. The van der Waals surface area contributed by atoms with Crippen molar-refractivity contribution in [3.63, 3.8) is 0 Å². The van der Waals surface area contributed by atoms with Crippen LogP contribution in [0.5, 0.6) is 0 Å². The maximum atomic E-state index is 11.1. The van der Waals surface area contributed by atoms with Crippen molar-refractivity contribution in [3.8, 4) is 0 Å². The van der Waals surface area contributed by atoms with Crippen LogP contribution in [0.3, 0.4) is 0 Å². The molecule has 0 aliphatic heterocycles. The molecule has 0 rings (SSSR count). The van der Waals surface area contributed by atoms with Crippen LogP contribution in [0, 0.1) is 0 Å². The lowest BCUT2D eigenvalue weighted by Gasteiger charge is -2.24. The predicted octanol–water partition coefficient (Wildman–Crippen LogP) is 0.462. The highest BCUT2D eigenvalue weighted by atomic mass is 16.6. The fourth-order valence-corrected chi connectivity index (χ4v) is 0.730. The summed E-state index contributed by atoms with van der Waals surface area (Å²) in [5.41, 5.74) is -1.94. The monoisotopic (exact) mass is 190 g/mol. The van der Waals surface area contributed by atoms with Crippen molar-refractivity contribution in [1.82, 2.24) is 0 Å². The highest BCUT2D eigenvalue weighted by molar-refractivity contribution is 5.71. The largest absolute Gasteiger partial charge is 0.457 e. The summed E-state index contributed by atoms with van der Waals surface area (Å²) in [6.07, 6.45) is -0.0730. The van der Waals surface area contributed by atoms with Gasteiger partial charge in [0, 0.05) is 0 Å². The smallest absolute Gasteiger partial charge is 0.309 e. The lowest BCUT2D eigenvalue weighted by molar-refractivity contribution is -0.164. The first-order valence-corrected chi connectivity index (χ1v) is 4.21. The molecule has 0 aliphatic carbocycles. The van der Waals surface area contributed by atoms with Gasteiger partial charge >= 0.3 is 5.97 Å². The second-order valence-electron chi connectivity index (χ2n) is 4.38. The maximum absolute atomic E-state index is 11.1. The van der Waals surface area contributed by atoms with Gasteiger partial charge in [0.15, 0.2) is 0 Å². The quantitative estimate of drug-likeness (QED) is 0.632. The molecule has 0 radical (unpaired) electrons. The topological polar surface area (TPSA) is 66.8 Å². The zero-order chi connectivity index (χ0) is 10.7. The summed E-state index contributed by atoms with van der Waals surface area (Å²) in [5, 5.41) is 18.1. The Bertz CT molecular complexity index is 179. The van der Waals surface area contributed by atoms with Crippen molar-refractivity contribution < 1.29 is 19.7 Å². The van der Waals surface area contributed by atoms with Gasteiger partial charge < -0.3 is 14.9 Å². The Labute approximate surface area is 78.5 Å². The van der Waals surface area contributed by atoms with Crippen molar-refractivity contribution in [2.45, 2.75) is 45.3 Å². The molecule has 2 N–H and O–H groups in total. The molecule has 0 aromatic carbocycles. The molecule has 0 unspecified atom stereocenters. The van der Waals surface area contributed by atoms with E-state index in [9.17, 15) is 9.90 Å². The van der Waals surface area contributed by atoms with E-state index in [0.717, 1.165) is 0 Å². The van der Waals surface area contributed by atoms with E-state index in [1.165, 1.54) is 13.8 Å². The highest BCUT2D eigenvalue weighted by Crippen LogP contribution is 2.13. The van der Waals surface area contributed by atoms with Crippen LogP contribution in [0.15, 0.2) is 0 Å². The van der Waals surface area contributed by atoms with Crippen LogP contribution in [0.1, 0.15) is 34.1 Å². The van der Waals surface area contributed by atoms with Crippen LogP contribution >= 0.6 is 0 Å². The van der Waals surface area contributed by atoms with Gasteiger partial charge in [-0.2, -0.15) is 0 Å². The van der Waals surface area contributed by atoms with Crippen LogP contribution < -0.4 is 0 Å². The molecule has 0 aromatic heterocycles. The first-order valence-electron chi connectivity index (χ1n) is 4.21. The van der Waals surface area contributed by atoms with Crippen molar-refractivity contribution in [2.24, 2.45) is 0 Å². The lowest BCUT2D eigenvalue weighted by atomic mass is 10.1. The Morgan fingerprint density at radius 2 is 1.77 bits per heavy atom. The number of ether oxygens (including phenoxy) is 1. The molecule has 0 aliphatic rings. The van der Waals surface area contributed by atoms with Crippen LogP contribution in [-0.2, 0) is 9.53 Å². The number of aliphatic hydroxyl groups excluding tert-OH is 1. The molecule has 0 bridgehead atoms. The average molecular weight is 190 g/mol. The Morgan fingerprint density at radius 1 is 1.31 bits per heavy atom. The summed E-state index contributed by atoms with van der Waals surface area (Å²) in [4.78, 5) is 11.1. The fraction of sp³-hybridized carbons (Fsp3) is 0.889. The van der Waals surface area contributed by atoms with Gasteiger partial charge in [-0.1, -0.05) is 0 Å². The molecule has 0 saturated carbocycles. The Morgan fingerprint density at radius 3 is 2.08 bits per heavy atom. The molecule has 4 nitrogen and oxygen atoms in total. The number of carbonyl (C=O) groups excluding carboxylic acids is 1. The van der Waals surface area contributed by atoms with Gasteiger partial charge in [-0.15, -0.1) is 0 Å². The number of aliphatic hydroxyl groups is 2. The van der Waals surface area contributed by atoms with E-state index in [2.05, 4.69) is 0 Å². The van der Waals surface area contributed by atoms with E-state index >= 15 is 0 Å². The zero-order valence-electron chi connectivity index (χ0n) is 8.63. The summed E-state index contributed by atoms with van der Waals surface area (Å²) >= 11 is 0. The molecule has 0 atom stereocenters. The first kappa shape index (κ1) is 12.4. The minimum absolute atomic E-state index is 0.0730. The van der Waals surface area contributed by atoms with Crippen LogP contribution in [-0.4, -0.2) is 34.0 Å². The van der Waals surface area contributed by atoms with E-state index in [0.29, 0.717) is 0 Å². The number of hydrogen-bond acceptors (Lipinski definition) is 4. The second kappa shape index (κ2) is 4.07. The van der Waals surface area contributed by atoms with Crippen LogP contribution in [0.4, 0.5) is 0 Å². The maximum Gasteiger partial charge on any atom is 0.309 e. The van der Waals surface area contributed by atoms with Crippen LogP contribution in [0.2, 0.25) is 0 Å². The van der Waals surface area contributed by atoms with E-state index < -0.39 is 17.2 Å². The Balaban J connectivity index is 4.03. The van der Waals surface area contributed by atoms with Gasteiger partial charge in [-0.3, -0.25) is 4.79 Å². The van der Waals surface area contributed by atoms with Gasteiger partial charge in [0.05, 0.1) is 18.6 Å². The van der Waals surface area contributed by atoms with E-state index in [4.69, 9.17) is 9.84 Å². The molecule has 0 heterocycles. The summed E-state index contributed by atoms with van der Waals surface area (Å²) < 4.78 is 4.91. The molecule has 4 heteroatoms. The van der Waals surface area contributed by atoms with E-state index in [1.807, 2.05) is 0 Å². The molecular formula is C9H18O4. The average Bonchev–Trinajstić information content (AvgIpc) is 1.81. The van der Waals surface area contributed by atoms with Gasteiger partial charge in [0.2, 0.25) is 0 Å². The van der Waals surface area contributed by atoms with Crippen molar-refractivity contribution >= 4 is 5.97 Å². The Kier molecular flexibility index (Phi) is 3.88. The molecule has 13 heavy (non-hydrogen) atoms. The number of carbonyl (C=O) groups is 1. The van der Waals surface area contributed by atoms with Gasteiger partial charge in [-0.25, -0.2) is 0 Å². The van der Waals surface area contributed by atoms with Gasteiger partial charge in [-0.05, 0) is 27.7 Å². The second-order valence-corrected chi connectivity index (χ2v) is 4.38. The minimum Gasteiger partial charge on any atom is -0.457 e. The predicted molar refractivity (Wildman–Crippen MR) is 48.2 cm³/mol. The van der Waals surface area contributed by atoms with Crippen molar-refractivity contribution in [2.75, 3.05) is 6.61 Å². The standard InChI is InChI=1S/C9H18O4/c1-8(2,12)5-7(11)13-9(3,4)6-10/h10,12H,5-6H2,1-4H3. The fourth-order valence-electron chi connectivity index (χ4n) is 0.730. The zero-order valence-corrected chi connectivity index (χ0v) is 8.63. The molecule has 0 aromatic rings.